The van der Waals surface area contributed by atoms with Crippen molar-refractivity contribution in [3.63, 3.8) is 0 Å². The van der Waals surface area contributed by atoms with Gasteiger partial charge < -0.3 is 35.0 Å². The van der Waals surface area contributed by atoms with Crippen LogP contribution in [0.15, 0.2) is 0 Å². The van der Waals surface area contributed by atoms with Crippen LogP contribution in [0.1, 0.15) is 58.3 Å². The van der Waals surface area contributed by atoms with Crippen molar-refractivity contribution in [1.82, 2.24) is 0 Å². The SMILES string of the molecule is CCCCCCCCCCOC(=O)C1(O)O[C@H](CO)[C@@H](O)[C@H](O)[C@H]1O. The predicted octanol–water partition coefficient (Wildman–Crippen LogP) is -0.167. The van der Waals surface area contributed by atoms with Crippen LogP contribution in [0.2, 0.25) is 0 Å². The van der Waals surface area contributed by atoms with E-state index < -0.39 is 42.8 Å². The molecule has 1 fully saturated rings. The number of hydrogen-bond donors (Lipinski definition) is 5. The van der Waals surface area contributed by atoms with Gasteiger partial charge in [0.25, 0.3) is 5.79 Å². The van der Waals surface area contributed by atoms with Gasteiger partial charge >= 0.3 is 5.97 Å². The third kappa shape index (κ3) is 6.16. The first-order chi connectivity index (χ1) is 11.9. The molecule has 25 heavy (non-hydrogen) atoms. The first kappa shape index (κ1) is 22.3. The Bertz CT molecular complexity index is 389. The highest BCUT2D eigenvalue weighted by atomic mass is 16.7. The summed E-state index contributed by atoms with van der Waals surface area (Å²) in [6.07, 6.45) is 1.57. The first-order valence-electron chi connectivity index (χ1n) is 9.11. The number of rotatable bonds is 11. The van der Waals surface area contributed by atoms with E-state index in [1.165, 1.54) is 25.7 Å². The summed E-state index contributed by atoms with van der Waals surface area (Å²) in [4.78, 5) is 12.0. The van der Waals surface area contributed by atoms with E-state index in [2.05, 4.69) is 6.92 Å². The van der Waals surface area contributed by atoms with Gasteiger partial charge in [-0.15, -0.1) is 0 Å². The minimum absolute atomic E-state index is 0.0502. The van der Waals surface area contributed by atoms with Crippen molar-refractivity contribution in [2.45, 2.75) is 88.5 Å². The molecule has 5 N–H and O–H groups in total. The van der Waals surface area contributed by atoms with Gasteiger partial charge in [-0.05, 0) is 6.42 Å². The maximum Gasteiger partial charge on any atom is 0.369 e. The third-order valence-electron chi connectivity index (χ3n) is 4.49. The van der Waals surface area contributed by atoms with Gasteiger partial charge in [0, 0.05) is 0 Å². The fourth-order valence-corrected chi connectivity index (χ4v) is 2.83. The number of carbonyl (C=O) groups is 1. The van der Waals surface area contributed by atoms with Crippen molar-refractivity contribution in [3.8, 4) is 0 Å². The smallest absolute Gasteiger partial charge is 0.369 e. The molecular weight excluding hydrogens is 332 g/mol. The predicted molar refractivity (Wildman–Crippen MR) is 88.5 cm³/mol. The van der Waals surface area contributed by atoms with Crippen LogP contribution in [0.5, 0.6) is 0 Å². The minimum Gasteiger partial charge on any atom is -0.462 e. The number of hydrogen-bond acceptors (Lipinski definition) is 8. The van der Waals surface area contributed by atoms with Crippen molar-refractivity contribution in [2.75, 3.05) is 13.2 Å². The molecule has 1 rings (SSSR count). The molecule has 0 aromatic heterocycles. The van der Waals surface area contributed by atoms with Crippen LogP contribution in [0.4, 0.5) is 0 Å². The largest absolute Gasteiger partial charge is 0.462 e. The van der Waals surface area contributed by atoms with E-state index >= 15 is 0 Å². The van der Waals surface area contributed by atoms with Crippen molar-refractivity contribution in [3.05, 3.63) is 0 Å². The first-order valence-corrected chi connectivity index (χ1v) is 9.11. The Hall–Kier alpha value is -0.770. The maximum absolute atomic E-state index is 12.0. The lowest BCUT2D eigenvalue weighted by atomic mass is 9.92. The van der Waals surface area contributed by atoms with Crippen LogP contribution >= 0.6 is 0 Å². The number of unbranched alkanes of at least 4 members (excludes halogenated alkanes) is 7. The van der Waals surface area contributed by atoms with Crippen LogP contribution < -0.4 is 0 Å². The fourth-order valence-electron chi connectivity index (χ4n) is 2.83. The summed E-state index contributed by atoms with van der Waals surface area (Å²) in [5, 5.41) is 48.4. The molecule has 1 heterocycles. The van der Waals surface area contributed by atoms with Crippen molar-refractivity contribution >= 4 is 5.97 Å². The van der Waals surface area contributed by atoms with Gasteiger partial charge in [0.2, 0.25) is 0 Å². The zero-order chi connectivity index (χ0) is 18.9. The molecule has 0 aromatic rings. The molecule has 0 aromatic carbocycles. The molecule has 1 unspecified atom stereocenters. The van der Waals surface area contributed by atoms with E-state index in [0.29, 0.717) is 6.42 Å². The monoisotopic (exact) mass is 364 g/mol. The average Bonchev–Trinajstić information content (AvgIpc) is 2.61. The van der Waals surface area contributed by atoms with E-state index in [4.69, 9.17) is 14.6 Å². The second-order valence-corrected chi connectivity index (χ2v) is 6.57. The Morgan fingerprint density at radius 1 is 1.00 bits per heavy atom. The summed E-state index contributed by atoms with van der Waals surface area (Å²) in [5.74, 6) is -4.06. The van der Waals surface area contributed by atoms with Gasteiger partial charge in [-0.25, -0.2) is 4.79 Å². The molecule has 0 bridgehead atoms. The topological polar surface area (TPSA) is 137 Å². The summed E-state index contributed by atoms with van der Waals surface area (Å²) >= 11 is 0. The number of aliphatic hydroxyl groups is 5. The number of carbonyl (C=O) groups excluding carboxylic acids is 1. The van der Waals surface area contributed by atoms with Gasteiger partial charge in [0.1, 0.15) is 24.4 Å². The highest BCUT2D eigenvalue weighted by Gasteiger charge is 2.58. The van der Waals surface area contributed by atoms with Crippen LogP contribution in [-0.2, 0) is 14.3 Å². The minimum atomic E-state index is -2.81. The summed E-state index contributed by atoms with van der Waals surface area (Å²) in [5.41, 5.74) is 0. The molecular formula is C17H32O8. The Morgan fingerprint density at radius 3 is 2.12 bits per heavy atom. The van der Waals surface area contributed by atoms with Crippen LogP contribution in [0.25, 0.3) is 0 Å². The molecule has 148 valence electrons. The maximum atomic E-state index is 12.0. The normalized spacial score (nSPS) is 32.6. The van der Waals surface area contributed by atoms with Crippen LogP contribution in [0, 0.1) is 0 Å². The molecule has 0 spiro atoms. The molecule has 0 saturated carbocycles. The Balaban J connectivity index is 2.33. The summed E-state index contributed by atoms with van der Waals surface area (Å²) in [7, 11) is 0. The summed E-state index contributed by atoms with van der Waals surface area (Å²) < 4.78 is 9.81. The summed E-state index contributed by atoms with van der Waals surface area (Å²) in [6.45, 7) is 1.48. The second kappa shape index (κ2) is 11.1. The molecule has 1 aliphatic rings. The highest BCUT2D eigenvalue weighted by molar-refractivity contribution is 5.78. The molecule has 1 aliphatic heterocycles. The zero-order valence-corrected chi connectivity index (χ0v) is 14.8. The number of aliphatic hydroxyl groups excluding tert-OH is 4. The molecule has 1 saturated heterocycles. The highest BCUT2D eigenvalue weighted by Crippen LogP contribution is 2.29. The molecule has 0 aliphatic carbocycles. The molecule has 5 atom stereocenters. The van der Waals surface area contributed by atoms with E-state index in [9.17, 15) is 25.2 Å². The van der Waals surface area contributed by atoms with E-state index in [1.807, 2.05) is 0 Å². The van der Waals surface area contributed by atoms with Crippen LogP contribution in [0.3, 0.4) is 0 Å². The lowest BCUT2D eigenvalue weighted by molar-refractivity contribution is -0.339. The van der Waals surface area contributed by atoms with Gasteiger partial charge in [0.15, 0.2) is 0 Å². The van der Waals surface area contributed by atoms with Gasteiger partial charge in [-0.1, -0.05) is 51.9 Å². The van der Waals surface area contributed by atoms with E-state index in [-0.39, 0.29) is 6.61 Å². The molecule has 0 amide bonds. The Morgan fingerprint density at radius 2 is 1.56 bits per heavy atom. The quantitative estimate of drug-likeness (QED) is 0.252. The molecule has 0 radical (unpaired) electrons. The van der Waals surface area contributed by atoms with E-state index in [1.54, 1.807) is 0 Å². The van der Waals surface area contributed by atoms with Gasteiger partial charge in [-0.3, -0.25) is 0 Å². The second-order valence-electron chi connectivity index (χ2n) is 6.57. The van der Waals surface area contributed by atoms with Gasteiger partial charge in [0.05, 0.1) is 13.2 Å². The molecule has 8 nitrogen and oxygen atoms in total. The third-order valence-corrected chi connectivity index (χ3v) is 4.49. The zero-order valence-electron chi connectivity index (χ0n) is 14.8. The average molecular weight is 364 g/mol. The van der Waals surface area contributed by atoms with E-state index in [0.717, 1.165) is 19.3 Å². The Kier molecular flexibility index (Phi) is 9.84. The number of esters is 1. The lowest BCUT2D eigenvalue weighted by Crippen LogP contribution is -2.68. The Labute approximate surface area is 148 Å². The van der Waals surface area contributed by atoms with Crippen molar-refractivity contribution in [1.29, 1.82) is 0 Å². The number of ether oxygens (including phenoxy) is 2. The van der Waals surface area contributed by atoms with Crippen molar-refractivity contribution in [2.24, 2.45) is 0 Å². The van der Waals surface area contributed by atoms with Crippen molar-refractivity contribution < 1.29 is 39.8 Å². The van der Waals surface area contributed by atoms with Gasteiger partial charge in [-0.2, -0.15) is 0 Å². The van der Waals surface area contributed by atoms with Crippen LogP contribution in [-0.4, -0.2) is 74.9 Å². The lowest BCUT2D eigenvalue weighted by Gasteiger charge is -2.43. The fraction of sp³-hybridized carbons (Fsp3) is 0.941. The standard InChI is InChI=1S/C17H32O8/c1-2-3-4-5-6-7-8-9-10-24-16(22)17(23)15(21)14(20)13(19)12(11-18)25-17/h12-15,18-21,23H,2-11H2,1H3/t12-,13-,14+,15-,17?/m1/s1. The molecule has 8 heteroatoms. The summed E-state index contributed by atoms with van der Waals surface area (Å²) in [6, 6.07) is 0.